The van der Waals surface area contributed by atoms with Gasteiger partial charge in [0.25, 0.3) is 0 Å². The third-order valence-corrected chi connectivity index (χ3v) is 4.71. The van der Waals surface area contributed by atoms with Crippen LogP contribution in [0.15, 0.2) is 79.1 Å². The second-order valence-electron chi connectivity index (χ2n) is 6.53. The number of para-hydroxylation sites is 1. The molecule has 27 heavy (non-hydrogen) atoms. The summed E-state index contributed by atoms with van der Waals surface area (Å²) in [5.41, 5.74) is 3.50. The van der Waals surface area contributed by atoms with Crippen LogP contribution >= 0.6 is 0 Å². The molecule has 2 aromatic heterocycles. The summed E-state index contributed by atoms with van der Waals surface area (Å²) < 4.78 is 7.25. The van der Waals surface area contributed by atoms with Gasteiger partial charge in [0.2, 0.25) is 5.78 Å². The molecule has 0 saturated heterocycles. The molecule has 0 amide bonds. The van der Waals surface area contributed by atoms with Crippen molar-refractivity contribution in [3.63, 3.8) is 0 Å². The number of methoxy groups -OCH3 is 1. The van der Waals surface area contributed by atoms with Gasteiger partial charge in [0, 0.05) is 23.4 Å². The van der Waals surface area contributed by atoms with Gasteiger partial charge in [0.1, 0.15) is 5.75 Å². The van der Waals surface area contributed by atoms with E-state index in [9.17, 15) is 4.79 Å². The first-order valence-electron chi connectivity index (χ1n) is 8.97. The van der Waals surface area contributed by atoms with Crippen molar-refractivity contribution in [3.8, 4) is 5.75 Å². The van der Waals surface area contributed by atoms with Gasteiger partial charge in [-0.25, -0.2) is 4.57 Å². The number of aromatic amines is 1. The lowest BCUT2D eigenvalue weighted by Crippen LogP contribution is -2.35. The summed E-state index contributed by atoms with van der Waals surface area (Å²) in [6.07, 6.45) is 4.79. The quantitative estimate of drug-likeness (QED) is 0.420. The van der Waals surface area contributed by atoms with Crippen LogP contribution in [0.4, 0.5) is 0 Å². The van der Waals surface area contributed by atoms with E-state index in [-0.39, 0.29) is 5.78 Å². The molecule has 4 rings (SSSR count). The summed E-state index contributed by atoms with van der Waals surface area (Å²) in [7, 11) is 1.67. The molecule has 0 saturated carbocycles. The Balaban J connectivity index is 1.50. The Bertz CT molecular complexity index is 1050. The van der Waals surface area contributed by atoms with E-state index in [1.807, 2.05) is 67.0 Å². The lowest BCUT2D eigenvalue weighted by molar-refractivity contribution is -0.696. The highest BCUT2D eigenvalue weighted by Crippen LogP contribution is 2.17. The maximum absolute atomic E-state index is 12.9. The molecule has 0 radical (unpaired) electrons. The first kappa shape index (κ1) is 17.0. The number of carbonyl (C=O) groups excluding carboxylic acids is 1. The Labute approximate surface area is 158 Å². The van der Waals surface area contributed by atoms with E-state index in [1.54, 1.807) is 7.11 Å². The van der Waals surface area contributed by atoms with Gasteiger partial charge in [-0.15, -0.1) is 0 Å². The van der Waals surface area contributed by atoms with Crippen molar-refractivity contribution in [1.82, 2.24) is 4.98 Å². The van der Waals surface area contributed by atoms with E-state index in [1.165, 1.54) is 5.56 Å². The van der Waals surface area contributed by atoms with Crippen molar-refractivity contribution in [2.24, 2.45) is 0 Å². The molecule has 0 unspecified atom stereocenters. The Morgan fingerprint density at radius 3 is 2.63 bits per heavy atom. The highest BCUT2D eigenvalue weighted by atomic mass is 16.5. The summed E-state index contributed by atoms with van der Waals surface area (Å²) >= 11 is 0. The number of hydrogen-bond donors (Lipinski definition) is 1. The van der Waals surface area contributed by atoms with Gasteiger partial charge in [-0.05, 0) is 35.9 Å². The van der Waals surface area contributed by atoms with Gasteiger partial charge >= 0.3 is 0 Å². The number of rotatable bonds is 6. The first-order chi connectivity index (χ1) is 13.2. The highest BCUT2D eigenvalue weighted by Gasteiger charge is 2.15. The number of pyridine rings is 1. The number of ketones is 1. The van der Waals surface area contributed by atoms with Crippen LogP contribution < -0.4 is 9.30 Å². The van der Waals surface area contributed by atoms with Crippen LogP contribution in [-0.2, 0) is 13.0 Å². The standard InChI is InChI=1S/C23H20N2O2/c1-27-20-10-8-17(9-11-20)12-14-25-13-4-6-19(16-25)23(26)22-15-18-5-2-3-7-21(18)24-22/h2-11,13,15-16H,12,14H2,1H3/p+1. The molecular weight excluding hydrogens is 336 g/mol. The van der Waals surface area contributed by atoms with Crippen LogP contribution in [0.2, 0.25) is 0 Å². The predicted molar refractivity (Wildman–Crippen MR) is 105 cm³/mol. The number of hydrogen-bond acceptors (Lipinski definition) is 2. The van der Waals surface area contributed by atoms with Crippen molar-refractivity contribution in [2.75, 3.05) is 7.11 Å². The molecule has 134 valence electrons. The van der Waals surface area contributed by atoms with E-state index in [0.717, 1.165) is 29.6 Å². The van der Waals surface area contributed by atoms with Crippen molar-refractivity contribution in [1.29, 1.82) is 0 Å². The Morgan fingerprint density at radius 2 is 1.85 bits per heavy atom. The van der Waals surface area contributed by atoms with Crippen molar-refractivity contribution < 1.29 is 14.1 Å². The summed E-state index contributed by atoms with van der Waals surface area (Å²) in [4.78, 5) is 16.1. The van der Waals surface area contributed by atoms with E-state index in [4.69, 9.17) is 4.74 Å². The van der Waals surface area contributed by atoms with Gasteiger partial charge in [-0.3, -0.25) is 4.79 Å². The molecule has 2 aromatic carbocycles. The Morgan fingerprint density at radius 1 is 1.04 bits per heavy atom. The highest BCUT2D eigenvalue weighted by molar-refractivity contribution is 6.09. The fourth-order valence-electron chi connectivity index (χ4n) is 3.20. The number of ether oxygens (including phenoxy) is 1. The largest absolute Gasteiger partial charge is 0.497 e. The van der Waals surface area contributed by atoms with Crippen LogP contribution in [0.3, 0.4) is 0 Å². The minimum atomic E-state index is 0.00463. The minimum absolute atomic E-state index is 0.00463. The van der Waals surface area contributed by atoms with E-state index in [2.05, 4.69) is 21.7 Å². The van der Waals surface area contributed by atoms with Crippen LogP contribution in [0.1, 0.15) is 21.6 Å². The fourth-order valence-corrected chi connectivity index (χ4v) is 3.20. The average molecular weight is 357 g/mol. The molecular formula is C23H21N2O2+. The number of carbonyl (C=O) groups is 1. The van der Waals surface area contributed by atoms with Crippen LogP contribution in [-0.4, -0.2) is 17.9 Å². The van der Waals surface area contributed by atoms with Crippen LogP contribution in [0.25, 0.3) is 10.9 Å². The molecule has 1 N–H and O–H groups in total. The Kier molecular flexibility index (Phi) is 4.71. The zero-order valence-electron chi connectivity index (χ0n) is 15.2. The molecule has 0 fully saturated rings. The fraction of sp³-hybridized carbons (Fsp3) is 0.130. The summed E-state index contributed by atoms with van der Waals surface area (Å²) in [5, 5.41) is 1.05. The van der Waals surface area contributed by atoms with Crippen LogP contribution in [0.5, 0.6) is 5.75 Å². The Hall–Kier alpha value is -3.40. The average Bonchev–Trinajstić information content (AvgIpc) is 3.16. The molecule has 0 aliphatic carbocycles. The maximum atomic E-state index is 12.9. The van der Waals surface area contributed by atoms with Crippen LogP contribution in [0, 0.1) is 0 Å². The van der Waals surface area contributed by atoms with Gasteiger partial charge in [0.05, 0.1) is 18.4 Å². The van der Waals surface area contributed by atoms with Crippen molar-refractivity contribution in [2.45, 2.75) is 13.0 Å². The molecule has 4 heteroatoms. The number of aromatic nitrogens is 2. The third kappa shape index (κ3) is 3.75. The van der Waals surface area contributed by atoms with Crippen molar-refractivity contribution in [3.05, 3.63) is 95.9 Å². The lowest BCUT2D eigenvalue weighted by atomic mass is 10.1. The summed E-state index contributed by atoms with van der Waals surface area (Å²) in [5.74, 6) is 0.863. The SMILES string of the molecule is COc1ccc(CC[n+]2cccc(C(=O)c3cc4ccccc4[nH]3)c2)cc1. The van der Waals surface area contributed by atoms with E-state index >= 15 is 0 Å². The first-order valence-corrected chi connectivity index (χ1v) is 8.97. The van der Waals surface area contributed by atoms with Crippen molar-refractivity contribution >= 4 is 16.7 Å². The summed E-state index contributed by atoms with van der Waals surface area (Å²) in [6, 6.07) is 21.7. The minimum Gasteiger partial charge on any atom is -0.497 e. The van der Waals surface area contributed by atoms with Gasteiger partial charge in [-0.2, -0.15) is 0 Å². The number of H-pyrrole nitrogens is 1. The lowest BCUT2D eigenvalue weighted by Gasteiger charge is -2.03. The second-order valence-corrected chi connectivity index (χ2v) is 6.53. The normalized spacial score (nSPS) is 10.9. The zero-order valence-corrected chi connectivity index (χ0v) is 15.2. The molecule has 0 bridgehead atoms. The number of nitrogens with one attached hydrogen (secondary N) is 1. The predicted octanol–water partition coefficient (Wildman–Crippen LogP) is 3.94. The van der Waals surface area contributed by atoms with E-state index < -0.39 is 0 Å². The topological polar surface area (TPSA) is 46.0 Å². The molecule has 0 aliphatic heterocycles. The maximum Gasteiger partial charge on any atom is 0.215 e. The number of nitrogens with zero attached hydrogens (tertiary/aromatic N) is 1. The molecule has 2 heterocycles. The zero-order chi connectivity index (χ0) is 18.6. The molecule has 4 nitrogen and oxygen atoms in total. The molecule has 0 atom stereocenters. The number of fused-ring (bicyclic) bond motifs is 1. The molecule has 0 aliphatic rings. The molecule has 4 aromatic rings. The van der Waals surface area contributed by atoms with E-state index in [0.29, 0.717) is 11.3 Å². The van der Waals surface area contributed by atoms with Gasteiger partial charge in [0.15, 0.2) is 18.9 Å². The number of benzene rings is 2. The van der Waals surface area contributed by atoms with Gasteiger partial charge < -0.3 is 9.72 Å². The smallest absolute Gasteiger partial charge is 0.215 e. The monoisotopic (exact) mass is 357 g/mol. The summed E-state index contributed by atoms with van der Waals surface area (Å²) in [6.45, 7) is 0.806. The number of aryl methyl sites for hydroxylation is 2. The third-order valence-electron chi connectivity index (χ3n) is 4.71. The molecule has 0 spiro atoms. The second kappa shape index (κ2) is 7.46. The van der Waals surface area contributed by atoms with Gasteiger partial charge in [-0.1, -0.05) is 30.3 Å².